The Morgan fingerprint density at radius 1 is 0.800 bits per heavy atom. The Kier molecular flexibility index (Phi) is 17.4. The van der Waals surface area contributed by atoms with Crippen LogP contribution in [0.2, 0.25) is 0 Å². The summed E-state index contributed by atoms with van der Waals surface area (Å²) in [5.74, 6) is 1.45. The van der Waals surface area contributed by atoms with Gasteiger partial charge in [-0.2, -0.15) is 0 Å². The van der Waals surface area contributed by atoms with E-state index in [9.17, 15) is 0 Å². The van der Waals surface area contributed by atoms with Crippen LogP contribution in [-0.4, -0.2) is 41.6 Å². The topological polar surface area (TPSA) is 3.24 Å². The van der Waals surface area contributed by atoms with E-state index < -0.39 is 0 Å². The van der Waals surface area contributed by atoms with Crippen molar-refractivity contribution in [2.75, 3.05) is 14.1 Å². The summed E-state index contributed by atoms with van der Waals surface area (Å²) in [6.07, 6.45) is 24.7. The van der Waals surface area contributed by atoms with Crippen molar-refractivity contribution in [2.24, 2.45) is 11.8 Å². The van der Waals surface area contributed by atoms with Crippen molar-refractivity contribution >= 4 is 12.8 Å². The first-order valence-electron chi connectivity index (χ1n) is 10.9. The van der Waals surface area contributed by atoms with Crippen molar-refractivity contribution in [2.45, 2.75) is 77.2 Å². The van der Waals surface area contributed by atoms with E-state index >= 15 is 0 Å². The Bertz CT molecular complexity index is 574. The summed E-state index contributed by atoms with van der Waals surface area (Å²) in [5.41, 5.74) is 1.59. The van der Waals surface area contributed by atoms with Crippen molar-refractivity contribution in [1.29, 1.82) is 0 Å². The zero-order valence-electron chi connectivity index (χ0n) is 20.8. The minimum Gasteiger partial charge on any atom is -0.358 e. The van der Waals surface area contributed by atoms with Gasteiger partial charge in [-0.3, -0.25) is 4.90 Å². The maximum atomic E-state index is 2.46. The first-order chi connectivity index (χ1) is 12.9. The molecule has 1 saturated carbocycles. The normalized spacial score (nSPS) is 24.2. The molecule has 0 heterocycles. The van der Waals surface area contributed by atoms with E-state index in [1.54, 1.807) is 0 Å². The van der Waals surface area contributed by atoms with Crippen LogP contribution in [0.25, 0.3) is 0 Å². The average Bonchev–Trinajstić information content (AvgIpc) is 2.94. The maximum absolute atomic E-state index is 2.46. The molecule has 3 aliphatic rings. The fourth-order valence-corrected chi connectivity index (χ4v) is 8.35. The summed E-state index contributed by atoms with van der Waals surface area (Å²) in [6, 6.07) is 0.679. The smallest absolute Gasteiger partial charge is 0.123 e. The molecule has 1 radical (unpaired) electrons. The summed E-state index contributed by atoms with van der Waals surface area (Å²) >= 11 is 0. The van der Waals surface area contributed by atoms with Crippen LogP contribution in [0, 0.1) is 26.7 Å². The second-order valence-electron chi connectivity index (χ2n) is 8.79. The fourth-order valence-electron chi connectivity index (χ4n) is 4.67. The number of hydrogen-bond acceptors (Lipinski definition) is 1. The summed E-state index contributed by atoms with van der Waals surface area (Å²) in [7, 11) is 4.50. The molecule has 3 atom stereocenters. The van der Waals surface area contributed by atoms with Crippen molar-refractivity contribution in [1.82, 2.24) is 4.90 Å². The standard InChI is InChI=1S/C17H29NP.C8H12.2CH3.Rh/c1-12(2)19(13(3)4)17-15-10-8-7-9-14(15)11-16(17)18(5)6;1-2-4-6-8-7-5-3-1;;;/h7-10,12-16H,11H2,1-6H3;1-2,7-8H,3-6H2;2*1H3;/q+1;;2*-1;. The van der Waals surface area contributed by atoms with Gasteiger partial charge in [0, 0.05) is 25.4 Å². The van der Waals surface area contributed by atoms with Gasteiger partial charge in [-0.05, 0) is 79.8 Å². The van der Waals surface area contributed by atoms with E-state index in [0.717, 1.165) is 17.2 Å². The van der Waals surface area contributed by atoms with Gasteiger partial charge in [-0.15, -0.1) is 0 Å². The molecule has 175 valence electrons. The second kappa shape index (κ2) is 16.4. The Hall–Kier alpha value is -0.287. The van der Waals surface area contributed by atoms with Crippen molar-refractivity contribution < 1.29 is 19.5 Å². The maximum Gasteiger partial charge on any atom is 0.123 e. The molecular weight excluding hydrogens is 472 g/mol. The van der Waals surface area contributed by atoms with Crippen LogP contribution in [0.15, 0.2) is 48.6 Å². The molecule has 0 bridgehead atoms. The second-order valence-corrected chi connectivity index (χ2v) is 12.2. The first-order valence-corrected chi connectivity index (χ1v) is 12.4. The molecule has 3 aliphatic carbocycles. The van der Waals surface area contributed by atoms with E-state index in [0.29, 0.717) is 12.0 Å². The van der Waals surface area contributed by atoms with Crippen LogP contribution in [0.5, 0.6) is 0 Å². The number of allylic oxidation sites excluding steroid dienone is 8. The molecule has 30 heavy (non-hydrogen) atoms. The molecule has 0 aromatic rings. The summed E-state index contributed by atoms with van der Waals surface area (Å²) in [4.78, 5) is 2.45. The van der Waals surface area contributed by atoms with Gasteiger partial charge in [0.25, 0.3) is 0 Å². The molecular formula is C27H47NPRh-. The molecule has 0 spiro atoms. The molecule has 0 N–H and O–H groups in total. The minimum atomic E-state index is -0.00527. The van der Waals surface area contributed by atoms with Gasteiger partial charge in [-0.1, -0.05) is 48.6 Å². The molecule has 0 aromatic heterocycles. The summed E-state index contributed by atoms with van der Waals surface area (Å²) < 4.78 is 0. The van der Waals surface area contributed by atoms with E-state index in [2.05, 4.69) is 95.3 Å². The van der Waals surface area contributed by atoms with E-state index in [1.165, 1.54) is 32.1 Å². The van der Waals surface area contributed by atoms with E-state index in [1.807, 2.05) is 5.29 Å². The molecule has 0 aliphatic heterocycles. The number of fused-ring (bicyclic) bond motifs is 1. The van der Waals surface area contributed by atoms with Crippen LogP contribution in [0.3, 0.4) is 0 Å². The zero-order chi connectivity index (χ0) is 19.8. The van der Waals surface area contributed by atoms with Crippen LogP contribution < -0.4 is 0 Å². The predicted octanol–water partition coefficient (Wildman–Crippen LogP) is 7.72. The van der Waals surface area contributed by atoms with Gasteiger partial charge < -0.3 is 14.9 Å². The fraction of sp³-hybridized carbons (Fsp3) is 0.593. The summed E-state index contributed by atoms with van der Waals surface area (Å²) in [6.45, 7) is 9.67. The Morgan fingerprint density at radius 3 is 1.63 bits per heavy atom. The first kappa shape index (κ1) is 31.9. The van der Waals surface area contributed by atoms with Gasteiger partial charge >= 0.3 is 0 Å². The number of nitrogens with zero attached hydrogens (tertiary/aromatic N) is 1. The van der Waals surface area contributed by atoms with Crippen LogP contribution in [0.1, 0.15) is 59.8 Å². The van der Waals surface area contributed by atoms with Crippen molar-refractivity contribution in [3.8, 4) is 0 Å². The molecule has 0 aromatic carbocycles. The average molecular weight is 520 g/mol. The Balaban J connectivity index is 0. The van der Waals surface area contributed by atoms with Gasteiger partial charge in [0.15, 0.2) is 0 Å². The van der Waals surface area contributed by atoms with Crippen LogP contribution in [-0.2, 0) is 19.5 Å². The van der Waals surface area contributed by atoms with Crippen molar-refractivity contribution in [3.63, 3.8) is 0 Å². The third kappa shape index (κ3) is 9.06. The zero-order valence-corrected chi connectivity index (χ0v) is 23.3. The number of rotatable bonds is 3. The molecule has 0 saturated heterocycles. The van der Waals surface area contributed by atoms with Gasteiger partial charge in [0.2, 0.25) is 0 Å². The molecule has 0 amide bonds. The van der Waals surface area contributed by atoms with Crippen molar-refractivity contribution in [3.05, 3.63) is 63.5 Å². The summed E-state index contributed by atoms with van der Waals surface area (Å²) in [5, 5.41) is 1.86. The third-order valence-corrected chi connectivity index (χ3v) is 9.21. The quantitative estimate of drug-likeness (QED) is 0.160. The van der Waals surface area contributed by atoms with Gasteiger partial charge in [0.1, 0.15) is 24.2 Å². The molecule has 1 fully saturated rings. The van der Waals surface area contributed by atoms with E-state index in [-0.39, 0.29) is 41.9 Å². The van der Waals surface area contributed by atoms with E-state index in [4.69, 9.17) is 0 Å². The number of hydrogen-bond donors (Lipinski definition) is 0. The largest absolute Gasteiger partial charge is 0.358 e. The molecule has 3 rings (SSSR count). The van der Waals surface area contributed by atoms with Gasteiger partial charge in [-0.25, -0.2) is 0 Å². The predicted molar refractivity (Wildman–Crippen MR) is 139 cm³/mol. The van der Waals surface area contributed by atoms with Crippen LogP contribution >= 0.6 is 7.55 Å². The minimum absolute atomic E-state index is 0. The Morgan fingerprint density at radius 2 is 1.23 bits per heavy atom. The van der Waals surface area contributed by atoms with Gasteiger partial charge in [0.05, 0.1) is 6.04 Å². The Labute approximate surface area is 203 Å². The molecule has 3 unspecified atom stereocenters. The van der Waals surface area contributed by atoms with Crippen LogP contribution in [0.4, 0.5) is 0 Å². The SMILES string of the molecule is C1=CCCC=CCC1.CC(C)[P+](=C1C2C=CC=CC2CC1N(C)C)C(C)C.[CH3-].[CH3-].[Rh]. The molecule has 1 nitrogen and oxygen atoms in total. The third-order valence-electron chi connectivity index (χ3n) is 5.79. The molecule has 3 heteroatoms. The monoisotopic (exact) mass is 519 g/mol.